The number of rotatable bonds is 7. The van der Waals surface area contributed by atoms with Gasteiger partial charge < -0.3 is 10.1 Å². The lowest BCUT2D eigenvalue weighted by molar-refractivity contribution is 0.100. The van der Waals surface area contributed by atoms with E-state index in [-0.39, 0.29) is 12.6 Å². The number of anilines is 1. The second-order valence-electron chi connectivity index (χ2n) is 6.96. The fraction of sp³-hybridized carbons (Fsp3) is 0.136. The lowest BCUT2D eigenvalue weighted by Gasteiger charge is -2.09. The number of hydrogen-bond donors (Lipinski definition) is 1. The predicted molar refractivity (Wildman–Crippen MR) is 125 cm³/mol. The number of hydrogen-bond acceptors (Lipinski definition) is 4. The normalized spacial score (nSPS) is 10.9. The Labute approximate surface area is 199 Å². The van der Waals surface area contributed by atoms with Crippen molar-refractivity contribution in [3.8, 4) is 5.75 Å². The first-order valence-electron chi connectivity index (χ1n) is 9.59. The topological polar surface area (TPSA) is 74.0 Å². The average Bonchev–Trinajstić information content (AvgIpc) is 3.36. The van der Waals surface area contributed by atoms with Gasteiger partial charge in [-0.1, -0.05) is 40.9 Å². The first kappa shape index (κ1) is 22.2. The number of aromatic nitrogens is 4. The van der Waals surface area contributed by atoms with Gasteiger partial charge in [-0.25, -0.2) is 4.68 Å². The smallest absolute Gasteiger partial charge is 0.275 e. The molecule has 0 atom stereocenters. The molecule has 1 amide bonds. The summed E-state index contributed by atoms with van der Waals surface area (Å²) in [6.45, 7) is 2.42. The number of nitrogens with zero attached hydrogens (tertiary/aromatic N) is 4. The van der Waals surface area contributed by atoms with Crippen molar-refractivity contribution in [3.05, 3.63) is 92.8 Å². The van der Waals surface area contributed by atoms with E-state index in [4.69, 9.17) is 39.5 Å². The van der Waals surface area contributed by atoms with Gasteiger partial charge in [0.15, 0.2) is 12.5 Å². The molecule has 0 aliphatic rings. The Morgan fingerprint density at radius 2 is 1.75 bits per heavy atom. The first-order valence-corrected chi connectivity index (χ1v) is 10.7. The van der Waals surface area contributed by atoms with Gasteiger partial charge in [0.1, 0.15) is 11.4 Å². The molecule has 7 nitrogen and oxygen atoms in total. The second kappa shape index (κ2) is 9.65. The third-order valence-electron chi connectivity index (χ3n) is 4.67. The molecule has 2 aromatic carbocycles. The van der Waals surface area contributed by atoms with E-state index in [1.54, 1.807) is 53.2 Å². The maximum absolute atomic E-state index is 12.8. The molecule has 0 saturated heterocycles. The van der Waals surface area contributed by atoms with Crippen LogP contribution in [0.1, 0.15) is 21.7 Å². The van der Waals surface area contributed by atoms with Gasteiger partial charge >= 0.3 is 0 Å². The van der Waals surface area contributed by atoms with Gasteiger partial charge in [0.2, 0.25) is 0 Å². The zero-order chi connectivity index (χ0) is 22.7. The van der Waals surface area contributed by atoms with Crippen molar-refractivity contribution in [1.29, 1.82) is 0 Å². The van der Waals surface area contributed by atoms with E-state index in [0.29, 0.717) is 38.9 Å². The summed E-state index contributed by atoms with van der Waals surface area (Å²) in [6.07, 6.45) is 1.53. The molecule has 4 rings (SSSR count). The molecule has 0 fully saturated rings. The van der Waals surface area contributed by atoms with Gasteiger partial charge in [-0.2, -0.15) is 10.2 Å². The average molecular weight is 491 g/mol. The van der Waals surface area contributed by atoms with Crippen LogP contribution >= 0.6 is 34.8 Å². The zero-order valence-electron chi connectivity index (χ0n) is 16.9. The molecule has 164 valence electrons. The Hall–Kier alpha value is -3.00. The molecule has 10 heteroatoms. The van der Waals surface area contributed by atoms with E-state index in [1.165, 1.54) is 10.9 Å². The molecule has 2 aromatic heterocycles. The van der Waals surface area contributed by atoms with E-state index >= 15 is 0 Å². The number of halogens is 3. The van der Waals surface area contributed by atoms with Crippen LogP contribution in [-0.2, 0) is 13.3 Å². The van der Waals surface area contributed by atoms with Crippen LogP contribution in [0.4, 0.5) is 5.82 Å². The van der Waals surface area contributed by atoms with Crippen molar-refractivity contribution in [1.82, 2.24) is 19.6 Å². The van der Waals surface area contributed by atoms with Crippen molar-refractivity contribution in [2.45, 2.75) is 20.2 Å². The molecule has 32 heavy (non-hydrogen) atoms. The summed E-state index contributed by atoms with van der Waals surface area (Å²) in [5.74, 6) is 0.687. The molecule has 0 bridgehead atoms. The number of ether oxygens (including phenoxy) is 1. The minimum absolute atomic E-state index is 0.0694. The van der Waals surface area contributed by atoms with E-state index in [2.05, 4.69) is 15.5 Å². The monoisotopic (exact) mass is 489 g/mol. The molecule has 0 radical (unpaired) electrons. The molecule has 4 aromatic rings. The van der Waals surface area contributed by atoms with Crippen LogP contribution in [0.2, 0.25) is 15.1 Å². The molecule has 0 unspecified atom stereocenters. The van der Waals surface area contributed by atoms with E-state index in [0.717, 1.165) is 11.3 Å². The largest absolute Gasteiger partial charge is 0.471 e. The fourth-order valence-electron chi connectivity index (χ4n) is 3.02. The Kier molecular flexibility index (Phi) is 6.69. The standard InChI is InChI=1S/C22H18Cl3N5O2/c1-14-10-21(28-29(14)12-15-2-3-17(24)11-19(15)25)27-22(31)20-8-9-26-30(20)13-32-18-6-4-16(23)5-7-18/h2-11H,12-13H2,1H3,(H,27,28,31). The summed E-state index contributed by atoms with van der Waals surface area (Å²) < 4.78 is 8.89. The highest BCUT2D eigenvalue weighted by atomic mass is 35.5. The van der Waals surface area contributed by atoms with Crippen LogP contribution < -0.4 is 10.1 Å². The molecule has 0 saturated carbocycles. The third kappa shape index (κ3) is 5.24. The molecule has 2 heterocycles. The lowest BCUT2D eigenvalue weighted by Crippen LogP contribution is -2.20. The zero-order valence-corrected chi connectivity index (χ0v) is 19.2. The van der Waals surface area contributed by atoms with Gasteiger partial charge in [-0.15, -0.1) is 0 Å². The van der Waals surface area contributed by atoms with Crippen LogP contribution in [0.25, 0.3) is 0 Å². The predicted octanol–water partition coefficient (Wildman–Crippen LogP) is 5.69. The maximum Gasteiger partial charge on any atom is 0.275 e. The minimum Gasteiger partial charge on any atom is -0.471 e. The summed E-state index contributed by atoms with van der Waals surface area (Å²) in [7, 11) is 0. The molecular formula is C22H18Cl3N5O2. The van der Waals surface area contributed by atoms with E-state index < -0.39 is 0 Å². The molecular weight excluding hydrogens is 473 g/mol. The van der Waals surface area contributed by atoms with Crippen LogP contribution in [0, 0.1) is 6.92 Å². The van der Waals surface area contributed by atoms with Crippen LogP contribution in [-0.4, -0.2) is 25.5 Å². The van der Waals surface area contributed by atoms with Crippen LogP contribution in [0.3, 0.4) is 0 Å². The summed E-state index contributed by atoms with van der Waals surface area (Å²) >= 11 is 18.1. The van der Waals surface area contributed by atoms with Crippen LogP contribution in [0.15, 0.2) is 60.8 Å². The van der Waals surface area contributed by atoms with Crippen molar-refractivity contribution in [2.24, 2.45) is 0 Å². The molecule has 0 spiro atoms. The Morgan fingerprint density at radius 1 is 1.00 bits per heavy atom. The van der Waals surface area contributed by atoms with E-state index in [1.807, 2.05) is 13.0 Å². The van der Waals surface area contributed by atoms with Crippen molar-refractivity contribution >= 4 is 46.5 Å². The summed E-state index contributed by atoms with van der Waals surface area (Å²) in [4.78, 5) is 12.8. The quantitative estimate of drug-likeness (QED) is 0.361. The molecule has 0 aliphatic heterocycles. The van der Waals surface area contributed by atoms with Gasteiger partial charge in [-0.05, 0) is 55.0 Å². The highest BCUT2D eigenvalue weighted by molar-refractivity contribution is 6.35. The highest BCUT2D eigenvalue weighted by Gasteiger charge is 2.15. The second-order valence-corrected chi connectivity index (χ2v) is 8.24. The number of amides is 1. The third-order valence-corrected chi connectivity index (χ3v) is 5.51. The van der Waals surface area contributed by atoms with Crippen molar-refractivity contribution < 1.29 is 9.53 Å². The SMILES string of the molecule is Cc1cc(NC(=O)c2ccnn2COc2ccc(Cl)cc2)nn1Cc1ccc(Cl)cc1Cl. The van der Waals surface area contributed by atoms with Crippen molar-refractivity contribution in [3.63, 3.8) is 0 Å². The summed E-state index contributed by atoms with van der Waals surface area (Å²) in [6, 6.07) is 15.6. The molecule has 0 aliphatic carbocycles. The van der Waals surface area contributed by atoms with Gasteiger partial charge in [0.25, 0.3) is 5.91 Å². The van der Waals surface area contributed by atoms with Crippen LogP contribution in [0.5, 0.6) is 5.75 Å². The highest BCUT2D eigenvalue weighted by Crippen LogP contribution is 2.23. The Morgan fingerprint density at radius 3 is 2.50 bits per heavy atom. The number of aryl methyl sites for hydroxylation is 1. The molecule has 1 N–H and O–H groups in total. The number of nitrogens with one attached hydrogen (secondary N) is 1. The van der Waals surface area contributed by atoms with Gasteiger partial charge in [0.05, 0.1) is 6.54 Å². The summed E-state index contributed by atoms with van der Waals surface area (Å²) in [5, 5.41) is 13.2. The number of carbonyl (C=O) groups is 1. The first-order chi connectivity index (χ1) is 15.4. The van der Waals surface area contributed by atoms with Crippen molar-refractivity contribution in [2.75, 3.05) is 5.32 Å². The van der Waals surface area contributed by atoms with Gasteiger partial charge in [-0.3, -0.25) is 9.48 Å². The Bertz CT molecular complexity index is 1250. The lowest BCUT2D eigenvalue weighted by atomic mass is 10.2. The summed E-state index contributed by atoms with van der Waals surface area (Å²) in [5.41, 5.74) is 2.08. The van der Waals surface area contributed by atoms with E-state index in [9.17, 15) is 4.79 Å². The Balaban J connectivity index is 1.43. The minimum atomic E-state index is -0.351. The fourth-order valence-corrected chi connectivity index (χ4v) is 3.61. The number of carbonyl (C=O) groups excluding carboxylic acids is 1. The maximum atomic E-state index is 12.8. The van der Waals surface area contributed by atoms with Gasteiger partial charge in [0, 0.05) is 33.0 Å². The number of benzene rings is 2.